The Labute approximate surface area is 126 Å². The second-order valence-corrected chi connectivity index (χ2v) is 6.81. The first-order valence-electron chi connectivity index (χ1n) is 7.53. The van der Waals surface area contributed by atoms with Crippen molar-refractivity contribution in [3.63, 3.8) is 0 Å². The van der Waals surface area contributed by atoms with E-state index in [4.69, 9.17) is 0 Å². The molecule has 5 nitrogen and oxygen atoms in total. The van der Waals surface area contributed by atoms with Crippen molar-refractivity contribution in [1.29, 1.82) is 0 Å². The molecule has 0 bridgehead atoms. The van der Waals surface area contributed by atoms with Crippen molar-refractivity contribution in [2.24, 2.45) is 0 Å². The molecule has 0 fully saturated rings. The van der Waals surface area contributed by atoms with Crippen molar-refractivity contribution in [3.05, 3.63) is 29.7 Å². The predicted molar refractivity (Wildman–Crippen MR) is 84.0 cm³/mol. The highest BCUT2D eigenvalue weighted by molar-refractivity contribution is 7.89. The highest BCUT2D eigenvalue weighted by atomic mass is 32.2. The molecule has 0 unspecified atom stereocenters. The lowest BCUT2D eigenvalue weighted by Gasteiger charge is -2.04. The first kappa shape index (κ1) is 16.0. The monoisotopic (exact) mass is 309 g/mol. The third kappa shape index (κ3) is 3.27. The van der Waals surface area contributed by atoms with Crippen LogP contribution in [0.4, 0.5) is 0 Å². The average Bonchev–Trinajstić information content (AvgIpc) is 2.84. The van der Waals surface area contributed by atoms with Gasteiger partial charge in [0.25, 0.3) is 10.0 Å². The van der Waals surface area contributed by atoms with Gasteiger partial charge in [-0.3, -0.25) is 0 Å². The molecule has 6 heteroatoms. The third-order valence-corrected chi connectivity index (χ3v) is 4.81. The van der Waals surface area contributed by atoms with Gasteiger partial charge in [0.2, 0.25) is 0 Å². The van der Waals surface area contributed by atoms with Gasteiger partial charge in [-0.1, -0.05) is 26.8 Å². The van der Waals surface area contributed by atoms with Crippen molar-refractivity contribution in [1.82, 2.24) is 14.1 Å². The van der Waals surface area contributed by atoms with Gasteiger partial charge in [0.1, 0.15) is 5.82 Å². The molecule has 0 saturated carbocycles. The van der Waals surface area contributed by atoms with Crippen LogP contribution in [0.25, 0.3) is 5.52 Å². The fraction of sp³-hybridized carbons (Fsp3) is 0.533. The Morgan fingerprint density at radius 1 is 1.19 bits per heavy atom. The largest absolute Gasteiger partial charge is 0.302 e. The Morgan fingerprint density at radius 2 is 1.95 bits per heavy atom. The Kier molecular flexibility index (Phi) is 5.00. The summed E-state index contributed by atoms with van der Waals surface area (Å²) in [6.07, 6.45) is 5.35. The van der Waals surface area contributed by atoms with Crippen LogP contribution in [-0.2, 0) is 22.9 Å². The van der Waals surface area contributed by atoms with Gasteiger partial charge in [0.05, 0.1) is 5.52 Å². The van der Waals surface area contributed by atoms with Crippen LogP contribution in [0.15, 0.2) is 23.4 Å². The SMILES string of the molecule is CCCNS(=O)(=O)c1nc(CCC)n2cc(CC)ccc12. The molecular formula is C15H23N3O2S. The van der Waals surface area contributed by atoms with Crippen molar-refractivity contribution in [2.75, 3.05) is 6.54 Å². The van der Waals surface area contributed by atoms with E-state index in [0.717, 1.165) is 31.5 Å². The average molecular weight is 309 g/mol. The van der Waals surface area contributed by atoms with Gasteiger partial charge in [-0.15, -0.1) is 0 Å². The molecule has 0 radical (unpaired) electrons. The molecule has 2 aromatic heterocycles. The van der Waals surface area contributed by atoms with Crippen LogP contribution in [0.5, 0.6) is 0 Å². The number of pyridine rings is 1. The highest BCUT2D eigenvalue weighted by Crippen LogP contribution is 2.20. The number of hydrogen-bond donors (Lipinski definition) is 1. The van der Waals surface area contributed by atoms with Gasteiger partial charge in [-0.2, -0.15) is 0 Å². The molecule has 0 aliphatic heterocycles. The minimum atomic E-state index is -3.55. The van der Waals surface area contributed by atoms with Crippen LogP contribution >= 0.6 is 0 Å². The van der Waals surface area contributed by atoms with Crippen LogP contribution < -0.4 is 4.72 Å². The van der Waals surface area contributed by atoms with E-state index >= 15 is 0 Å². The maximum Gasteiger partial charge on any atom is 0.260 e. The summed E-state index contributed by atoms with van der Waals surface area (Å²) in [6, 6.07) is 3.82. The van der Waals surface area contributed by atoms with E-state index in [1.165, 1.54) is 5.56 Å². The maximum absolute atomic E-state index is 12.4. The van der Waals surface area contributed by atoms with Gasteiger partial charge in [-0.25, -0.2) is 18.1 Å². The van der Waals surface area contributed by atoms with Crippen molar-refractivity contribution < 1.29 is 8.42 Å². The third-order valence-electron chi connectivity index (χ3n) is 3.42. The van der Waals surface area contributed by atoms with Crippen molar-refractivity contribution in [2.45, 2.75) is 51.5 Å². The molecule has 0 aromatic carbocycles. The van der Waals surface area contributed by atoms with Gasteiger partial charge >= 0.3 is 0 Å². The molecule has 0 atom stereocenters. The number of hydrogen-bond acceptors (Lipinski definition) is 3. The number of nitrogens with one attached hydrogen (secondary N) is 1. The fourth-order valence-corrected chi connectivity index (χ4v) is 3.55. The minimum absolute atomic E-state index is 0.141. The number of sulfonamides is 1. The van der Waals surface area contributed by atoms with E-state index < -0.39 is 10.0 Å². The van der Waals surface area contributed by atoms with Crippen molar-refractivity contribution >= 4 is 15.5 Å². The Balaban J connectivity index is 2.59. The number of aryl methyl sites for hydroxylation is 2. The zero-order valence-electron chi connectivity index (χ0n) is 12.9. The van der Waals surface area contributed by atoms with Crippen molar-refractivity contribution in [3.8, 4) is 0 Å². The van der Waals surface area contributed by atoms with Crippen LogP contribution in [0, 0.1) is 0 Å². The first-order chi connectivity index (χ1) is 10.0. The lowest BCUT2D eigenvalue weighted by atomic mass is 10.2. The summed E-state index contributed by atoms with van der Waals surface area (Å²) >= 11 is 0. The molecule has 0 aliphatic carbocycles. The second kappa shape index (κ2) is 6.58. The number of aromatic nitrogens is 2. The predicted octanol–water partition coefficient (Wildman–Crippen LogP) is 2.54. The Hall–Kier alpha value is -1.40. The normalized spacial score (nSPS) is 12.1. The Morgan fingerprint density at radius 3 is 2.57 bits per heavy atom. The maximum atomic E-state index is 12.4. The zero-order valence-corrected chi connectivity index (χ0v) is 13.7. The van der Waals surface area contributed by atoms with Crippen LogP contribution in [0.2, 0.25) is 0 Å². The van der Waals surface area contributed by atoms with Crippen LogP contribution in [0.3, 0.4) is 0 Å². The van der Waals surface area contributed by atoms with E-state index in [0.29, 0.717) is 12.1 Å². The molecule has 2 aromatic rings. The smallest absolute Gasteiger partial charge is 0.260 e. The summed E-state index contributed by atoms with van der Waals surface area (Å²) in [5.74, 6) is 0.805. The molecule has 1 N–H and O–H groups in total. The van der Waals surface area contributed by atoms with E-state index in [-0.39, 0.29) is 5.03 Å². The summed E-state index contributed by atoms with van der Waals surface area (Å²) in [7, 11) is -3.55. The molecule has 0 aliphatic rings. The summed E-state index contributed by atoms with van der Waals surface area (Å²) in [4.78, 5) is 4.39. The quantitative estimate of drug-likeness (QED) is 0.855. The highest BCUT2D eigenvalue weighted by Gasteiger charge is 2.22. The minimum Gasteiger partial charge on any atom is -0.302 e. The van der Waals surface area contributed by atoms with E-state index in [1.54, 1.807) is 0 Å². The molecule has 2 rings (SSSR count). The number of nitrogens with zero attached hydrogens (tertiary/aromatic N) is 2. The summed E-state index contributed by atoms with van der Waals surface area (Å²) in [5, 5.41) is 0.141. The molecule has 2 heterocycles. The lowest BCUT2D eigenvalue weighted by molar-refractivity contribution is 0.578. The molecule has 0 amide bonds. The summed E-state index contributed by atoms with van der Waals surface area (Å²) in [5.41, 5.74) is 1.82. The van der Waals surface area contributed by atoms with Gasteiger partial charge in [-0.05, 0) is 30.9 Å². The van der Waals surface area contributed by atoms with Gasteiger partial charge < -0.3 is 4.40 Å². The fourth-order valence-electron chi connectivity index (χ4n) is 2.27. The Bertz CT molecular complexity index is 720. The second-order valence-electron chi connectivity index (χ2n) is 5.13. The number of rotatable bonds is 7. The first-order valence-corrected chi connectivity index (χ1v) is 9.01. The molecule has 116 valence electrons. The summed E-state index contributed by atoms with van der Waals surface area (Å²) < 4.78 is 29.3. The number of fused-ring (bicyclic) bond motifs is 1. The van der Waals surface area contributed by atoms with Gasteiger partial charge in [0, 0.05) is 19.2 Å². The molecule has 0 saturated heterocycles. The topological polar surface area (TPSA) is 63.5 Å². The molecular weight excluding hydrogens is 286 g/mol. The van der Waals surface area contributed by atoms with E-state index in [2.05, 4.69) is 23.6 Å². The van der Waals surface area contributed by atoms with E-state index in [1.807, 2.05) is 29.7 Å². The van der Waals surface area contributed by atoms with E-state index in [9.17, 15) is 8.42 Å². The van der Waals surface area contributed by atoms with Crippen LogP contribution in [0.1, 0.15) is 45.0 Å². The standard InChI is InChI=1S/C15H23N3O2S/c1-4-7-14-17-15(21(19,20)16-10-5-2)13-9-8-12(6-3)11-18(13)14/h8-9,11,16H,4-7,10H2,1-3H3. The zero-order chi connectivity index (χ0) is 15.5. The molecule has 21 heavy (non-hydrogen) atoms. The van der Waals surface area contributed by atoms with Crippen LogP contribution in [-0.4, -0.2) is 24.3 Å². The van der Waals surface area contributed by atoms with Gasteiger partial charge in [0.15, 0.2) is 5.03 Å². The summed E-state index contributed by atoms with van der Waals surface area (Å²) in [6.45, 7) is 6.51. The number of imidazole rings is 1. The molecule has 0 spiro atoms. The lowest BCUT2D eigenvalue weighted by Crippen LogP contribution is -2.25.